The SMILES string of the molecule is CCCC1CCC(CCc2cc(F)c(C3=Cc4cc(F)c(F)cc4C3)c(F)c2)CC1. The van der Waals surface area contributed by atoms with E-state index in [1.165, 1.54) is 50.7 Å². The Hall–Kier alpha value is -2.10. The normalized spacial score (nSPS) is 20.9. The highest BCUT2D eigenvalue weighted by Crippen LogP contribution is 2.37. The molecule has 0 bridgehead atoms. The van der Waals surface area contributed by atoms with Crippen molar-refractivity contribution in [1.82, 2.24) is 0 Å². The minimum atomic E-state index is -0.953. The minimum absolute atomic E-state index is 0.0872. The van der Waals surface area contributed by atoms with Crippen LogP contribution < -0.4 is 0 Å². The summed E-state index contributed by atoms with van der Waals surface area (Å²) in [5.74, 6) is -1.60. The van der Waals surface area contributed by atoms with E-state index in [-0.39, 0.29) is 12.0 Å². The van der Waals surface area contributed by atoms with Gasteiger partial charge in [0.1, 0.15) is 11.6 Å². The third-order valence-corrected chi connectivity index (χ3v) is 6.82. The van der Waals surface area contributed by atoms with Crippen molar-refractivity contribution in [2.24, 2.45) is 11.8 Å². The van der Waals surface area contributed by atoms with Gasteiger partial charge in [0, 0.05) is 5.56 Å². The van der Waals surface area contributed by atoms with Gasteiger partial charge < -0.3 is 0 Å². The van der Waals surface area contributed by atoms with Gasteiger partial charge in [0.25, 0.3) is 0 Å². The smallest absolute Gasteiger partial charge is 0.159 e. The Balaban J connectivity index is 1.43. The number of fused-ring (bicyclic) bond motifs is 1. The second-order valence-corrected chi connectivity index (χ2v) is 8.96. The van der Waals surface area contributed by atoms with Crippen molar-refractivity contribution in [3.05, 3.63) is 69.8 Å². The summed E-state index contributed by atoms with van der Waals surface area (Å²) in [7, 11) is 0. The van der Waals surface area contributed by atoms with Gasteiger partial charge >= 0.3 is 0 Å². The van der Waals surface area contributed by atoms with Gasteiger partial charge in [-0.2, -0.15) is 0 Å². The van der Waals surface area contributed by atoms with Crippen LogP contribution in [0.4, 0.5) is 17.6 Å². The lowest BCUT2D eigenvalue weighted by Crippen LogP contribution is -2.15. The third kappa shape index (κ3) is 4.48. The maximum absolute atomic E-state index is 14.8. The minimum Gasteiger partial charge on any atom is -0.206 e. The second-order valence-electron chi connectivity index (χ2n) is 8.96. The van der Waals surface area contributed by atoms with Crippen LogP contribution in [-0.4, -0.2) is 0 Å². The van der Waals surface area contributed by atoms with Crippen LogP contribution in [0.2, 0.25) is 0 Å². The average Bonchev–Trinajstić information content (AvgIpc) is 3.09. The number of hydrogen-bond donors (Lipinski definition) is 0. The fourth-order valence-corrected chi connectivity index (χ4v) is 5.16. The molecule has 0 N–H and O–H groups in total. The van der Waals surface area contributed by atoms with E-state index in [2.05, 4.69) is 6.92 Å². The molecule has 2 aromatic carbocycles. The summed E-state index contributed by atoms with van der Waals surface area (Å²) in [5.41, 5.74) is 2.04. The predicted octanol–water partition coefficient (Wildman–Crippen LogP) is 7.88. The van der Waals surface area contributed by atoms with Crippen LogP contribution in [0.1, 0.15) is 74.1 Å². The summed E-state index contributed by atoms with van der Waals surface area (Å²) in [6.45, 7) is 2.23. The first-order chi connectivity index (χ1) is 14.4. The molecule has 0 unspecified atom stereocenters. The summed E-state index contributed by atoms with van der Waals surface area (Å²) >= 11 is 0. The van der Waals surface area contributed by atoms with E-state index in [9.17, 15) is 17.6 Å². The summed E-state index contributed by atoms with van der Waals surface area (Å²) in [6, 6.07) is 5.03. The molecule has 1 fully saturated rings. The fraction of sp³-hybridized carbons (Fsp3) is 0.462. The molecule has 30 heavy (non-hydrogen) atoms. The first kappa shape index (κ1) is 21.1. The number of aryl methyl sites for hydroxylation is 1. The molecule has 0 saturated heterocycles. The highest BCUT2D eigenvalue weighted by molar-refractivity contribution is 5.89. The Kier molecular flexibility index (Phi) is 6.31. The molecule has 2 aromatic rings. The monoisotopic (exact) mass is 416 g/mol. The zero-order valence-corrected chi connectivity index (χ0v) is 17.4. The van der Waals surface area contributed by atoms with Gasteiger partial charge in [0.15, 0.2) is 11.6 Å². The molecule has 0 aromatic heterocycles. The predicted molar refractivity (Wildman–Crippen MR) is 113 cm³/mol. The number of allylic oxidation sites excluding steroid dienone is 1. The number of hydrogen-bond acceptors (Lipinski definition) is 0. The second kappa shape index (κ2) is 8.95. The molecular weight excluding hydrogens is 388 g/mol. The fourth-order valence-electron chi connectivity index (χ4n) is 5.16. The molecule has 2 aliphatic carbocycles. The summed E-state index contributed by atoms with van der Waals surface area (Å²) in [4.78, 5) is 0. The molecule has 0 atom stereocenters. The largest absolute Gasteiger partial charge is 0.206 e. The van der Waals surface area contributed by atoms with Crippen LogP contribution in [0.15, 0.2) is 24.3 Å². The number of rotatable bonds is 6. The van der Waals surface area contributed by atoms with Gasteiger partial charge in [-0.1, -0.05) is 51.5 Å². The van der Waals surface area contributed by atoms with Gasteiger partial charge in [0.05, 0.1) is 0 Å². The molecule has 160 valence electrons. The summed E-state index contributed by atoms with van der Waals surface area (Å²) in [5, 5.41) is 0. The van der Waals surface area contributed by atoms with Gasteiger partial charge in [-0.05, 0) is 77.6 Å². The van der Waals surface area contributed by atoms with Crippen molar-refractivity contribution in [2.45, 2.75) is 64.7 Å². The number of benzene rings is 2. The number of halogens is 4. The van der Waals surface area contributed by atoms with Gasteiger partial charge in [0.2, 0.25) is 0 Å². The standard InChI is InChI=1S/C26H28F4/c1-2-3-16-4-6-17(7-5-16)8-9-18-10-24(29)26(25(30)11-18)21-12-19-14-22(27)23(28)15-20(19)13-21/h10-12,14-17H,2-9,13H2,1H3. The van der Waals surface area contributed by atoms with Gasteiger partial charge in [-0.15, -0.1) is 0 Å². The molecule has 0 radical (unpaired) electrons. The maximum atomic E-state index is 14.8. The van der Waals surface area contributed by atoms with Crippen molar-refractivity contribution in [3.8, 4) is 0 Å². The zero-order chi connectivity index (χ0) is 21.3. The van der Waals surface area contributed by atoms with Gasteiger partial charge in [-0.3, -0.25) is 0 Å². The maximum Gasteiger partial charge on any atom is 0.159 e. The van der Waals surface area contributed by atoms with E-state index in [0.717, 1.165) is 24.5 Å². The molecule has 0 heterocycles. The van der Waals surface area contributed by atoms with Crippen molar-refractivity contribution in [1.29, 1.82) is 0 Å². The Morgan fingerprint density at radius 2 is 1.37 bits per heavy atom. The van der Waals surface area contributed by atoms with E-state index in [1.807, 2.05) is 0 Å². The van der Waals surface area contributed by atoms with Crippen LogP contribution in [0.25, 0.3) is 11.6 Å². The topological polar surface area (TPSA) is 0 Å². The highest BCUT2D eigenvalue weighted by atomic mass is 19.2. The quantitative estimate of drug-likeness (QED) is 0.420. The molecule has 0 aliphatic heterocycles. The Morgan fingerprint density at radius 3 is 2.00 bits per heavy atom. The summed E-state index contributed by atoms with van der Waals surface area (Å²) in [6.07, 6.45) is 10.9. The molecule has 4 rings (SSSR count). The molecule has 2 aliphatic rings. The first-order valence-electron chi connectivity index (χ1n) is 11.1. The van der Waals surface area contributed by atoms with E-state index >= 15 is 0 Å². The molecule has 0 spiro atoms. The van der Waals surface area contributed by atoms with E-state index in [0.29, 0.717) is 34.6 Å². The van der Waals surface area contributed by atoms with Crippen LogP contribution >= 0.6 is 0 Å². The average molecular weight is 417 g/mol. The molecule has 1 saturated carbocycles. The van der Waals surface area contributed by atoms with Gasteiger partial charge in [-0.25, -0.2) is 17.6 Å². The first-order valence-corrected chi connectivity index (χ1v) is 11.1. The third-order valence-electron chi connectivity index (χ3n) is 6.82. The van der Waals surface area contributed by atoms with Crippen LogP contribution in [0.3, 0.4) is 0 Å². The molecule has 0 amide bonds. The lowest BCUT2D eigenvalue weighted by Gasteiger charge is -2.28. The summed E-state index contributed by atoms with van der Waals surface area (Å²) < 4.78 is 56.6. The molecule has 4 heteroatoms. The van der Waals surface area contributed by atoms with E-state index in [4.69, 9.17) is 0 Å². The van der Waals surface area contributed by atoms with Crippen LogP contribution in [0.5, 0.6) is 0 Å². The lowest BCUT2D eigenvalue weighted by atomic mass is 9.78. The van der Waals surface area contributed by atoms with Crippen molar-refractivity contribution < 1.29 is 17.6 Å². The lowest BCUT2D eigenvalue weighted by molar-refractivity contribution is 0.252. The van der Waals surface area contributed by atoms with Crippen molar-refractivity contribution in [3.63, 3.8) is 0 Å². The molecule has 0 nitrogen and oxygen atoms in total. The molecular formula is C26H28F4. The van der Waals surface area contributed by atoms with E-state index in [1.54, 1.807) is 6.08 Å². The van der Waals surface area contributed by atoms with Crippen LogP contribution in [0, 0.1) is 35.1 Å². The van der Waals surface area contributed by atoms with Crippen molar-refractivity contribution in [2.75, 3.05) is 0 Å². The van der Waals surface area contributed by atoms with E-state index < -0.39 is 23.3 Å². The zero-order valence-electron chi connectivity index (χ0n) is 17.4. The van der Waals surface area contributed by atoms with Crippen LogP contribution in [-0.2, 0) is 12.8 Å². The Bertz CT molecular complexity index is 929. The highest BCUT2D eigenvalue weighted by Gasteiger charge is 2.24. The van der Waals surface area contributed by atoms with Crippen molar-refractivity contribution >= 4 is 11.6 Å². The Morgan fingerprint density at radius 1 is 0.767 bits per heavy atom. The Labute approximate surface area is 176 Å².